The molecule has 7 heteroatoms. The summed E-state index contributed by atoms with van der Waals surface area (Å²) in [6.07, 6.45) is 3.17. The molecule has 2 amide bonds. The number of urea groups is 1. The Kier molecular flexibility index (Phi) is 6.80. The number of esters is 1. The zero-order valence-corrected chi connectivity index (χ0v) is 14.3. The third kappa shape index (κ3) is 5.77. The highest BCUT2D eigenvalue weighted by atomic mass is 16.5. The van der Waals surface area contributed by atoms with Gasteiger partial charge in [-0.3, -0.25) is 4.79 Å². The lowest BCUT2D eigenvalue weighted by Gasteiger charge is -2.26. The predicted molar refractivity (Wildman–Crippen MR) is 91.4 cm³/mol. The Morgan fingerprint density at radius 3 is 2.56 bits per heavy atom. The van der Waals surface area contributed by atoms with Crippen LogP contribution in [0.15, 0.2) is 24.3 Å². The van der Waals surface area contributed by atoms with Crippen molar-refractivity contribution in [3.05, 3.63) is 35.4 Å². The average Bonchev–Trinajstić information content (AvgIpc) is 2.61. The Balaban J connectivity index is 1.71. The van der Waals surface area contributed by atoms with E-state index in [0.717, 1.165) is 5.56 Å². The van der Waals surface area contributed by atoms with E-state index in [0.29, 0.717) is 44.2 Å². The maximum Gasteiger partial charge on any atom is 0.337 e. The Bertz CT molecular complexity index is 624. The van der Waals surface area contributed by atoms with Gasteiger partial charge in [0.2, 0.25) is 0 Å². The van der Waals surface area contributed by atoms with Crippen molar-refractivity contribution in [1.82, 2.24) is 10.6 Å². The lowest BCUT2D eigenvalue weighted by Crippen LogP contribution is -2.44. The number of aliphatic carboxylic acids is 1. The third-order valence-electron chi connectivity index (χ3n) is 4.46. The number of rotatable bonds is 6. The summed E-state index contributed by atoms with van der Waals surface area (Å²) in [5, 5.41) is 14.7. The molecule has 0 spiro atoms. The molecule has 0 aliphatic heterocycles. The predicted octanol–water partition coefficient (Wildman–Crippen LogP) is 1.96. The van der Waals surface area contributed by atoms with E-state index in [2.05, 4.69) is 15.4 Å². The van der Waals surface area contributed by atoms with Gasteiger partial charge in [-0.25, -0.2) is 9.59 Å². The molecule has 1 aliphatic carbocycles. The molecule has 3 N–H and O–H groups in total. The molecule has 1 aliphatic rings. The van der Waals surface area contributed by atoms with Gasteiger partial charge < -0.3 is 20.5 Å². The number of methoxy groups -OCH3 is 1. The van der Waals surface area contributed by atoms with Crippen molar-refractivity contribution >= 4 is 18.0 Å². The van der Waals surface area contributed by atoms with Crippen LogP contribution in [-0.2, 0) is 16.0 Å². The summed E-state index contributed by atoms with van der Waals surface area (Å²) in [5.74, 6) is -1.43. The van der Waals surface area contributed by atoms with Crippen LogP contribution in [-0.4, -0.2) is 42.8 Å². The molecule has 0 bridgehead atoms. The van der Waals surface area contributed by atoms with Crippen LogP contribution in [0.2, 0.25) is 0 Å². The highest BCUT2D eigenvalue weighted by molar-refractivity contribution is 5.89. The van der Waals surface area contributed by atoms with E-state index in [4.69, 9.17) is 5.11 Å². The molecular formula is C18H24N2O5. The fraction of sp³-hybridized carbons (Fsp3) is 0.500. The fourth-order valence-corrected chi connectivity index (χ4v) is 3.01. The molecule has 1 aromatic carbocycles. The lowest BCUT2D eigenvalue weighted by atomic mass is 9.86. The maximum absolute atomic E-state index is 11.9. The Hall–Kier alpha value is -2.57. The first-order valence-electron chi connectivity index (χ1n) is 8.44. The van der Waals surface area contributed by atoms with E-state index in [-0.39, 0.29) is 24.0 Å². The van der Waals surface area contributed by atoms with Crippen LogP contribution in [0.1, 0.15) is 41.6 Å². The largest absolute Gasteiger partial charge is 0.481 e. The molecule has 1 fully saturated rings. The van der Waals surface area contributed by atoms with Crippen molar-refractivity contribution in [3.8, 4) is 0 Å². The first-order chi connectivity index (χ1) is 12.0. The van der Waals surface area contributed by atoms with Gasteiger partial charge in [-0.1, -0.05) is 12.1 Å². The van der Waals surface area contributed by atoms with Gasteiger partial charge in [-0.15, -0.1) is 0 Å². The Morgan fingerprint density at radius 1 is 1.20 bits per heavy atom. The van der Waals surface area contributed by atoms with Crippen molar-refractivity contribution in [1.29, 1.82) is 0 Å². The van der Waals surface area contributed by atoms with Gasteiger partial charge in [-0.05, 0) is 49.8 Å². The molecule has 0 radical (unpaired) electrons. The summed E-state index contributed by atoms with van der Waals surface area (Å²) >= 11 is 0. The average molecular weight is 348 g/mol. The number of hydrogen-bond donors (Lipinski definition) is 3. The van der Waals surface area contributed by atoms with Gasteiger partial charge in [0.1, 0.15) is 0 Å². The van der Waals surface area contributed by atoms with Crippen molar-refractivity contribution in [2.24, 2.45) is 5.92 Å². The van der Waals surface area contributed by atoms with Crippen molar-refractivity contribution < 1.29 is 24.2 Å². The second-order valence-electron chi connectivity index (χ2n) is 6.23. The molecule has 0 atom stereocenters. The van der Waals surface area contributed by atoms with Gasteiger partial charge in [0.15, 0.2) is 0 Å². The normalized spacial score (nSPS) is 19.7. The van der Waals surface area contributed by atoms with Crippen molar-refractivity contribution in [3.63, 3.8) is 0 Å². The van der Waals surface area contributed by atoms with E-state index >= 15 is 0 Å². The first-order valence-corrected chi connectivity index (χ1v) is 8.44. The van der Waals surface area contributed by atoms with E-state index < -0.39 is 5.97 Å². The molecule has 1 saturated carbocycles. The zero-order chi connectivity index (χ0) is 18.2. The van der Waals surface area contributed by atoms with E-state index in [1.165, 1.54) is 7.11 Å². The highest BCUT2D eigenvalue weighted by Gasteiger charge is 2.26. The number of ether oxygens (including phenoxy) is 1. The van der Waals surface area contributed by atoms with Gasteiger partial charge >= 0.3 is 18.0 Å². The lowest BCUT2D eigenvalue weighted by molar-refractivity contribution is -0.142. The Labute approximate surface area is 146 Å². The van der Waals surface area contributed by atoms with Crippen molar-refractivity contribution in [2.45, 2.75) is 38.1 Å². The minimum atomic E-state index is -0.753. The van der Waals surface area contributed by atoms with E-state index in [1.807, 2.05) is 6.07 Å². The SMILES string of the molecule is COC(=O)c1cccc(CCNC(=O)NC2CCC(C(=O)O)CC2)c1. The summed E-state index contributed by atoms with van der Waals surface area (Å²) < 4.78 is 4.69. The van der Waals surface area contributed by atoms with Gasteiger partial charge in [0, 0.05) is 12.6 Å². The maximum atomic E-state index is 11.9. The minimum absolute atomic E-state index is 0.0262. The number of nitrogens with one attached hydrogen (secondary N) is 2. The molecule has 1 aromatic rings. The van der Waals surface area contributed by atoms with Gasteiger partial charge in [0.25, 0.3) is 0 Å². The molecule has 7 nitrogen and oxygen atoms in total. The van der Waals surface area contributed by atoms with Crippen LogP contribution >= 0.6 is 0 Å². The van der Waals surface area contributed by atoms with Crippen LogP contribution in [0, 0.1) is 5.92 Å². The number of carbonyl (C=O) groups excluding carboxylic acids is 2. The van der Waals surface area contributed by atoms with E-state index in [1.54, 1.807) is 18.2 Å². The topological polar surface area (TPSA) is 105 Å². The molecule has 0 unspecified atom stereocenters. The molecular weight excluding hydrogens is 324 g/mol. The van der Waals surface area contributed by atoms with Crippen LogP contribution < -0.4 is 10.6 Å². The molecule has 136 valence electrons. The standard InChI is InChI=1S/C18H24N2O5/c1-25-17(23)14-4-2-3-12(11-14)9-10-19-18(24)20-15-7-5-13(6-8-15)16(21)22/h2-4,11,13,15H,5-10H2,1H3,(H,21,22)(H2,19,20,24). The summed E-state index contributed by atoms with van der Waals surface area (Å²) in [6.45, 7) is 0.445. The number of benzene rings is 1. The number of carboxylic acid groups (broad SMARTS) is 1. The third-order valence-corrected chi connectivity index (χ3v) is 4.46. The molecule has 25 heavy (non-hydrogen) atoms. The number of hydrogen-bond acceptors (Lipinski definition) is 4. The first kappa shape index (κ1) is 18.8. The van der Waals surface area contributed by atoms with Crippen LogP contribution in [0.5, 0.6) is 0 Å². The van der Waals surface area contributed by atoms with E-state index in [9.17, 15) is 14.4 Å². The molecule has 2 rings (SSSR count). The minimum Gasteiger partial charge on any atom is -0.481 e. The summed E-state index contributed by atoms with van der Waals surface area (Å²) in [4.78, 5) is 34.3. The second kappa shape index (κ2) is 9.05. The molecule has 0 heterocycles. The highest BCUT2D eigenvalue weighted by Crippen LogP contribution is 2.24. The summed E-state index contributed by atoms with van der Waals surface area (Å²) in [5.41, 5.74) is 1.42. The molecule has 0 saturated heterocycles. The monoisotopic (exact) mass is 348 g/mol. The number of carboxylic acids is 1. The number of amides is 2. The van der Waals surface area contributed by atoms with Crippen LogP contribution in [0.3, 0.4) is 0 Å². The summed E-state index contributed by atoms with van der Waals surface area (Å²) in [6, 6.07) is 6.88. The quantitative estimate of drug-likeness (QED) is 0.682. The fourth-order valence-electron chi connectivity index (χ4n) is 3.01. The van der Waals surface area contributed by atoms with Crippen molar-refractivity contribution in [2.75, 3.05) is 13.7 Å². The smallest absolute Gasteiger partial charge is 0.337 e. The van der Waals surface area contributed by atoms with Crippen LogP contribution in [0.4, 0.5) is 4.79 Å². The Morgan fingerprint density at radius 2 is 1.92 bits per heavy atom. The molecule has 0 aromatic heterocycles. The number of carbonyl (C=O) groups is 3. The van der Waals surface area contributed by atoms with Gasteiger partial charge in [-0.2, -0.15) is 0 Å². The second-order valence-corrected chi connectivity index (χ2v) is 6.23. The van der Waals surface area contributed by atoms with Gasteiger partial charge in [0.05, 0.1) is 18.6 Å². The zero-order valence-electron chi connectivity index (χ0n) is 14.3. The van der Waals surface area contributed by atoms with Crippen LogP contribution in [0.25, 0.3) is 0 Å². The summed E-state index contributed by atoms with van der Waals surface area (Å²) in [7, 11) is 1.34.